The van der Waals surface area contributed by atoms with Gasteiger partial charge in [-0.3, -0.25) is 4.79 Å². The van der Waals surface area contributed by atoms with E-state index in [1.807, 2.05) is 0 Å². The highest BCUT2D eigenvalue weighted by atomic mass is 16.1. The lowest BCUT2D eigenvalue weighted by atomic mass is 10.2. The Labute approximate surface area is 114 Å². The summed E-state index contributed by atoms with van der Waals surface area (Å²) in [5.74, 6) is 0. The molecule has 19 heavy (non-hydrogen) atoms. The monoisotopic (exact) mass is 262 g/mol. The second kappa shape index (κ2) is 8.24. The number of hydrogen-bond acceptors (Lipinski definition) is 2. The lowest BCUT2D eigenvalue weighted by Crippen LogP contribution is -2.33. The number of H-pyrrole nitrogens is 1. The van der Waals surface area contributed by atoms with Crippen LogP contribution in [0.5, 0.6) is 0 Å². The molecule has 0 bridgehead atoms. The van der Waals surface area contributed by atoms with Crippen LogP contribution in [0, 0.1) is 0 Å². The SMILES string of the molecule is C[N+](C)(C)Cc1ccccc1.O=c1cccc[nH]1.[OH-]. The van der Waals surface area contributed by atoms with Gasteiger partial charge >= 0.3 is 0 Å². The van der Waals surface area contributed by atoms with Gasteiger partial charge in [0.1, 0.15) is 6.54 Å². The van der Waals surface area contributed by atoms with Crippen LogP contribution in [-0.4, -0.2) is 36.1 Å². The second-order valence-corrected chi connectivity index (χ2v) is 5.16. The van der Waals surface area contributed by atoms with Crippen LogP contribution in [-0.2, 0) is 6.54 Å². The third-order valence-electron chi connectivity index (χ3n) is 2.18. The molecule has 0 saturated heterocycles. The molecule has 0 radical (unpaired) electrons. The number of nitrogens with zero attached hydrogens (tertiary/aromatic N) is 1. The van der Waals surface area contributed by atoms with Gasteiger partial charge < -0.3 is 14.9 Å². The van der Waals surface area contributed by atoms with Crippen molar-refractivity contribution in [2.75, 3.05) is 21.1 Å². The molecule has 0 spiro atoms. The molecule has 0 fully saturated rings. The summed E-state index contributed by atoms with van der Waals surface area (Å²) < 4.78 is 0.990. The quantitative estimate of drug-likeness (QED) is 0.842. The van der Waals surface area contributed by atoms with Crippen LogP contribution in [0.1, 0.15) is 5.56 Å². The first kappa shape index (κ1) is 17.1. The van der Waals surface area contributed by atoms with E-state index in [1.165, 1.54) is 11.6 Å². The summed E-state index contributed by atoms with van der Waals surface area (Å²) in [6.45, 7) is 1.10. The molecule has 4 nitrogen and oxygen atoms in total. The molecule has 4 heteroatoms. The van der Waals surface area contributed by atoms with Crippen molar-refractivity contribution in [2.24, 2.45) is 0 Å². The molecule has 1 aromatic carbocycles. The summed E-state index contributed by atoms with van der Waals surface area (Å²) in [7, 11) is 6.60. The first-order valence-corrected chi connectivity index (χ1v) is 5.95. The highest BCUT2D eigenvalue weighted by Crippen LogP contribution is 2.05. The lowest BCUT2D eigenvalue weighted by molar-refractivity contribution is -0.884. The van der Waals surface area contributed by atoms with Gasteiger partial charge in [-0.2, -0.15) is 0 Å². The van der Waals surface area contributed by atoms with E-state index in [-0.39, 0.29) is 11.0 Å². The fourth-order valence-corrected chi connectivity index (χ4v) is 1.51. The molecule has 2 aromatic rings. The minimum atomic E-state index is -0.0532. The Balaban J connectivity index is 0.000000352. The van der Waals surface area contributed by atoms with Crippen molar-refractivity contribution in [3.63, 3.8) is 0 Å². The molecule has 104 valence electrons. The highest BCUT2D eigenvalue weighted by Gasteiger charge is 2.06. The van der Waals surface area contributed by atoms with E-state index < -0.39 is 0 Å². The van der Waals surface area contributed by atoms with Crippen LogP contribution in [0.3, 0.4) is 0 Å². The summed E-state index contributed by atoms with van der Waals surface area (Å²) in [4.78, 5) is 12.7. The topological polar surface area (TPSA) is 62.9 Å². The number of pyridine rings is 1. The molecule has 1 heterocycles. The molecular weight excluding hydrogens is 240 g/mol. The number of benzene rings is 1. The fraction of sp³-hybridized carbons (Fsp3) is 0.267. The Morgan fingerprint density at radius 3 is 1.89 bits per heavy atom. The number of aromatic amines is 1. The minimum Gasteiger partial charge on any atom is -0.870 e. The van der Waals surface area contributed by atoms with Gasteiger partial charge in [-0.1, -0.05) is 36.4 Å². The molecule has 2 rings (SSSR count). The zero-order chi connectivity index (χ0) is 13.4. The third kappa shape index (κ3) is 8.77. The highest BCUT2D eigenvalue weighted by molar-refractivity contribution is 5.13. The van der Waals surface area contributed by atoms with Crippen molar-refractivity contribution < 1.29 is 9.96 Å². The normalized spacial score (nSPS) is 9.84. The zero-order valence-electron chi connectivity index (χ0n) is 11.7. The van der Waals surface area contributed by atoms with Gasteiger partial charge in [0.2, 0.25) is 5.56 Å². The van der Waals surface area contributed by atoms with Crippen molar-refractivity contribution >= 4 is 0 Å². The molecule has 0 amide bonds. The van der Waals surface area contributed by atoms with E-state index in [2.05, 4.69) is 56.5 Å². The van der Waals surface area contributed by atoms with E-state index in [4.69, 9.17) is 0 Å². The maximum Gasteiger partial charge on any atom is 0.247 e. The number of rotatable bonds is 2. The maximum absolute atomic E-state index is 10.2. The third-order valence-corrected chi connectivity index (χ3v) is 2.18. The molecule has 0 saturated carbocycles. The smallest absolute Gasteiger partial charge is 0.247 e. The van der Waals surface area contributed by atoms with E-state index in [9.17, 15) is 4.79 Å². The van der Waals surface area contributed by atoms with E-state index in [0.717, 1.165) is 11.0 Å². The van der Waals surface area contributed by atoms with Gasteiger partial charge in [-0.25, -0.2) is 0 Å². The van der Waals surface area contributed by atoms with Crippen molar-refractivity contribution in [2.45, 2.75) is 6.54 Å². The van der Waals surface area contributed by atoms with Crippen LogP contribution >= 0.6 is 0 Å². The van der Waals surface area contributed by atoms with E-state index in [1.54, 1.807) is 18.3 Å². The second-order valence-electron chi connectivity index (χ2n) is 5.16. The summed E-state index contributed by atoms with van der Waals surface area (Å²) in [6.07, 6.45) is 1.60. The average molecular weight is 262 g/mol. The molecule has 0 aliphatic carbocycles. The van der Waals surface area contributed by atoms with Crippen molar-refractivity contribution in [1.82, 2.24) is 4.98 Å². The molecule has 1 aromatic heterocycles. The summed E-state index contributed by atoms with van der Waals surface area (Å²) in [5.41, 5.74) is 1.35. The summed E-state index contributed by atoms with van der Waals surface area (Å²) in [5, 5.41) is 0. The Bertz CT molecular complexity index is 484. The van der Waals surface area contributed by atoms with Gasteiger partial charge in [-0.15, -0.1) is 0 Å². The van der Waals surface area contributed by atoms with Crippen molar-refractivity contribution in [3.8, 4) is 0 Å². The summed E-state index contributed by atoms with van der Waals surface area (Å²) >= 11 is 0. The largest absolute Gasteiger partial charge is 0.870 e. The van der Waals surface area contributed by atoms with Crippen LogP contribution < -0.4 is 5.56 Å². The standard InChI is InChI=1S/C10H16N.C5H5NO.H2O/c1-11(2,3)9-10-7-5-4-6-8-10;7-5-3-1-2-4-6-5;/h4-8H,9H2,1-3H3;1-4H,(H,6,7);1H2/q+1;;/p-1. The first-order chi connectivity index (χ1) is 8.47. The van der Waals surface area contributed by atoms with Crippen LogP contribution in [0.25, 0.3) is 0 Å². The Hall–Kier alpha value is -1.91. The fourth-order valence-electron chi connectivity index (χ4n) is 1.51. The number of quaternary nitrogens is 1. The van der Waals surface area contributed by atoms with E-state index in [0.29, 0.717) is 0 Å². The van der Waals surface area contributed by atoms with Crippen LogP contribution in [0.2, 0.25) is 0 Å². The van der Waals surface area contributed by atoms with Crippen LogP contribution in [0.15, 0.2) is 59.5 Å². The Morgan fingerprint density at radius 2 is 1.53 bits per heavy atom. The van der Waals surface area contributed by atoms with Crippen LogP contribution in [0.4, 0.5) is 0 Å². The first-order valence-electron chi connectivity index (χ1n) is 5.95. The zero-order valence-corrected chi connectivity index (χ0v) is 11.7. The molecular formula is C15H22N2O2. The molecule has 2 N–H and O–H groups in total. The van der Waals surface area contributed by atoms with Gasteiger partial charge in [0.25, 0.3) is 0 Å². The Kier molecular flexibility index (Phi) is 7.41. The van der Waals surface area contributed by atoms with E-state index >= 15 is 0 Å². The number of hydrogen-bond donors (Lipinski definition) is 1. The molecule has 0 atom stereocenters. The molecule has 0 aliphatic heterocycles. The van der Waals surface area contributed by atoms with Gasteiger partial charge in [0, 0.05) is 17.8 Å². The predicted molar refractivity (Wildman–Crippen MR) is 77.2 cm³/mol. The molecule has 0 aliphatic rings. The minimum absolute atomic E-state index is 0. The van der Waals surface area contributed by atoms with Gasteiger partial charge in [0.05, 0.1) is 21.1 Å². The lowest BCUT2D eigenvalue weighted by Gasteiger charge is -2.23. The number of aromatic nitrogens is 1. The van der Waals surface area contributed by atoms with Crippen molar-refractivity contribution in [3.05, 3.63) is 70.6 Å². The summed E-state index contributed by atoms with van der Waals surface area (Å²) in [6, 6.07) is 15.5. The predicted octanol–water partition coefficient (Wildman–Crippen LogP) is 2.09. The number of nitrogens with one attached hydrogen (secondary N) is 1. The average Bonchev–Trinajstić information content (AvgIpc) is 2.30. The van der Waals surface area contributed by atoms with Gasteiger partial charge in [0.15, 0.2) is 0 Å². The molecule has 0 unspecified atom stereocenters. The van der Waals surface area contributed by atoms with Crippen molar-refractivity contribution in [1.29, 1.82) is 0 Å². The van der Waals surface area contributed by atoms with Gasteiger partial charge in [-0.05, 0) is 6.07 Å². The maximum atomic E-state index is 10.2. The Morgan fingerprint density at radius 1 is 0.947 bits per heavy atom.